The number of esters is 1. The average Bonchev–Trinajstić information content (AvgIpc) is 3.46. The molecule has 0 bridgehead atoms. The van der Waals surface area contributed by atoms with Gasteiger partial charge in [-0.05, 0) is 33.6 Å². The van der Waals surface area contributed by atoms with Crippen molar-refractivity contribution in [3.63, 3.8) is 0 Å². The molecule has 2 heterocycles. The molecule has 152 valence electrons. The molecule has 1 saturated carbocycles. The van der Waals surface area contributed by atoms with Gasteiger partial charge in [0.25, 0.3) is 0 Å². The summed E-state index contributed by atoms with van der Waals surface area (Å²) >= 11 is 0. The highest BCUT2D eigenvalue weighted by molar-refractivity contribution is 5.76. The molecule has 8 heteroatoms. The van der Waals surface area contributed by atoms with Crippen molar-refractivity contribution in [3.05, 3.63) is 0 Å². The summed E-state index contributed by atoms with van der Waals surface area (Å²) in [6, 6.07) is 0.00538. The highest BCUT2D eigenvalue weighted by atomic mass is 16.6. The smallest absolute Gasteiger partial charge is 0.410 e. The molecule has 0 spiro atoms. The highest BCUT2D eigenvalue weighted by Gasteiger charge is 2.35. The molecule has 0 aromatic rings. The molecule has 0 N–H and O–H groups in total. The van der Waals surface area contributed by atoms with Crippen LogP contribution < -0.4 is 0 Å². The largest absolute Gasteiger partial charge is 0.462 e. The maximum Gasteiger partial charge on any atom is 0.410 e. The van der Waals surface area contributed by atoms with Crippen molar-refractivity contribution < 1.29 is 23.9 Å². The van der Waals surface area contributed by atoms with Crippen LogP contribution in [0.25, 0.3) is 0 Å². The van der Waals surface area contributed by atoms with Crippen LogP contribution in [0.5, 0.6) is 0 Å². The maximum absolute atomic E-state index is 12.7. The fourth-order valence-electron chi connectivity index (χ4n) is 3.35. The van der Waals surface area contributed by atoms with E-state index in [1.165, 1.54) is 0 Å². The minimum absolute atomic E-state index is 0.00538. The zero-order valence-electron chi connectivity index (χ0n) is 16.6. The summed E-state index contributed by atoms with van der Waals surface area (Å²) in [5.41, 5.74) is -0.517. The van der Waals surface area contributed by atoms with Gasteiger partial charge in [-0.15, -0.1) is 0 Å². The first-order chi connectivity index (χ1) is 12.7. The zero-order chi connectivity index (χ0) is 19.6. The molecule has 27 heavy (non-hydrogen) atoms. The van der Waals surface area contributed by atoms with Crippen LogP contribution in [0.15, 0.2) is 0 Å². The number of rotatable bonds is 2. The van der Waals surface area contributed by atoms with E-state index < -0.39 is 5.60 Å². The minimum atomic E-state index is -0.517. The van der Waals surface area contributed by atoms with Crippen LogP contribution in [0, 0.1) is 5.92 Å². The Morgan fingerprint density at radius 3 is 1.81 bits per heavy atom. The lowest BCUT2D eigenvalue weighted by molar-refractivity contribution is -0.152. The van der Waals surface area contributed by atoms with Crippen LogP contribution in [-0.4, -0.2) is 83.8 Å². The molecule has 2 saturated heterocycles. The normalized spacial score (nSPS) is 21.8. The Balaban J connectivity index is 1.39. The number of amides is 3. The Morgan fingerprint density at radius 2 is 1.30 bits per heavy atom. The Morgan fingerprint density at radius 1 is 0.778 bits per heavy atom. The topological polar surface area (TPSA) is 79.4 Å². The van der Waals surface area contributed by atoms with Crippen molar-refractivity contribution in [1.82, 2.24) is 14.7 Å². The van der Waals surface area contributed by atoms with Gasteiger partial charge in [-0.3, -0.25) is 4.79 Å². The van der Waals surface area contributed by atoms with Gasteiger partial charge < -0.3 is 24.2 Å². The Hall–Kier alpha value is -1.99. The average molecular weight is 381 g/mol. The van der Waals surface area contributed by atoms with Gasteiger partial charge in [-0.2, -0.15) is 0 Å². The SMILES string of the molecule is CC(C)(C)OC(=O)N1CCN(C(=O)N2CCC(OC(=O)C3CC3)CC2)CC1. The van der Waals surface area contributed by atoms with Crippen LogP contribution in [0.1, 0.15) is 46.5 Å². The van der Waals surface area contributed by atoms with Gasteiger partial charge in [-0.25, -0.2) is 9.59 Å². The van der Waals surface area contributed by atoms with Gasteiger partial charge in [0, 0.05) is 52.1 Å². The molecule has 0 aromatic heterocycles. The number of piperidine rings is 1. The summed E-state index contributed by atoms with van der Waals surface area (Å²) in [6.45, 7) is 8.72. The van der Waals surface area contributed by atoms with E-state index in [0.29, 0.717) is 52.1 Å². The standard InChI is InChI=1S/C19H31N3O5/c1-19(2,3)27-18(25)22-12-10-21(11-13-22)17(24)20-8-6-15(7-9-20)26-16(23)14-4-5-14/h14-15H,4-13H2,1-3H3. The monoisotopic (exact) mass is 381 g/mol. The molecular weight excluding hydrogens is 350 g/mol. The van der Waals surface area contributed by atoms with Gasteiger partial charge in [0.1, 0.15) is 11.7 Å². The molecule has 0 atom stereocenters. The summed E-state index contributed by atoms with van der Waals surface area (Å²) in [6.07, 6.45) is 2.90. The summed E-state index contributed by atoms with van der Waals surface area (Å²) in [5, 5.41) is 0. The number of urea groups is 1. The van der Waals surface area contributed by atoms with Crippen molar-refractivity contribution in [1.29, 1.82) is 0 Å². The zero-order valence-corrected chi connectivity index (χ0v) is 16.6. The van der Waals surface area contributed by atoms with Gasteiger partial charge in [-0.1, -0.05) is 0 Å². The fourth-order valence-corrected chi connectivity index (χ4v) is 3.35. The summed E-state index contributed by atoms with van der Waals surface area (Å²) < 4.78 is 10.9. The summed E-state index contributed by atoms with van der Waals surface area (Å²) in [5.74, 6) is 0.0453. The van der Waals surface area contributed by atoms with Crippen molar-refractivity contribution in [3.8, 4) is 0 Å². The third kappa shape index (κ3) is 5.49. The second-order valence-electron chi connectivity index (χ2n) is 8.63. The lowest BCUT2D eigenvalue weighted by Crippen LogP contribution is -2.56. The Kier molecular flexibility index (Phi) is 5.81. The Labute approximate surface area is 160 Å². The first kappa shape index (κ1) is 19.8. The van der Waals surface area contributed by atoms with Gasteiger partial charge in [0.2, 0.25) is 0 Å². The van der Waals surface area contributed by atoms with E-state index in [2.05, 4.69) is 0 Å². The number of hydrogen-bond acceptors (Lipinski definition) is 5. The molecule has 3 fully saturated rings. The summed E-state index contributed by atoms with van der Waals surface area (Å²) in [7, 11) is 0. The number of nitrogens with zero attached hydrogens (tertiary/aromatic N) is 3. The van der Waals surface area contributed by atoms with Crippen LogP contribution in [0.2, 0.25) is 0 Å². The fraction of sp³-hybridized carbons (Fsp3) is 0.842. The Bertz CT molecular complexity index is 568. The van der Waals surface area contributed by atoms with Crippen molar-refractivity contribution in [2.24, 2.45) is 5.92 Å². The number of piperazine rings is 1. The van der Waals surface area contributed by atoms with Gasteiger partial charge in [0.05, 0.1) is 5.92 Å². The molecule has 0 aromatic carbocycles. The summed E-state index contributed by atoms with van der Waals surface area (Å²) in [4.78, 5) is 41.9. The quantitative estimate of drug-likeness (QED) is 0.684. The molecule has 3 aliphatic rings. The van der Waals surface area contributed by atoms with E-state index >= 15 is 0 Å². The lowest BCUT2D eigenvalue weighted by atomic mass is 10.1. The number of carbonyl (C=O) groups excluding carboxylic acids is 3. The molecule has 0 unspecified atom stereocenters. The van der Waals surface area contributed by atoms with Gasteiger partial charge >= 0.3 is 18.1 Å². The maximum atomic E-state index is 12.7. The predicted octanol–water partition coefficient (Wildman–Crippen LogP) is 2.08. The van der Waals surface area contributed by atoms with Gasteiger partial charge in [0.15, 0.2) is 0 Å². The first-order valence-corrected chi connectivity index (χ1v) is 9.95. The second-order valence-corrected chi connectivity index (χ2v) is 8.63. The van der Waals surface area contributed by atoms with Crippen molar-refractivity contribution >= 4 is 18.1 Å². The van der Waals surface area contributed by atoms with E-state index in [0.717, 1.165) is 12.8 Å². The van der Waals surface area contributed by atoms with Crippen LogP contribution >= 0.6 is 0 Å². The molecule has 2 aliphatic heterocycles. The number of ether oxygens (including phenoxy) is 2. The molecular formula is C19H31N3O5. The predicted molar refractivity (Wildman–Crippen MR) is 98.2 cm³/mol. The van der Waals surface area contributed by atoms with Crippen LogP contribution in [0.3, 0.4) is 0 Å². The van der Waals surface area contributed by atoms with E-state index in [1.807, 2.05) is 25.7 Å². The van der Waals surface area contributed by atoms with Crippen molar-refractivity contribution in [2.45, 2.75) is 58.2 Å². The minimum Gasteiger partial charge on any atom is -0.462 e. The van der Waals surface area contributed by atoms with E-state index in [-0.39, 0.29) is 30.1 Å². The lowest BCUT2D eigenvalue weighted by Gasteiger charge is -2.39. The highest BCUT2D eigenvalue weighted by Crippen LogP contribution is 2.31. The van der Waals surface area contributed by atoms with E-state index in [9.17, 15) is 14.4 Å². The molecule has 1 aliphatic carbocycles. The number of hydrogen-bond donors (Lipinski definition) is 0. The third-order valence-electron chi connectivity index (χ3n) is 5.11. The molecule has 3 amide bonds. The second kappa shape index (κ2) is 7.94. The first-order valence-electron chi connectivity index (χ1n) is 9.95. The van der Waals surface area contributed by atoms with Crippen LogP contribution in [-0.2, 0) is 14.3 Å². The number of carbonyl (C=O) groups is 3. The van der Waals surface area contributed by atoms with Crippen molar-refractivity contribution in [2.75, 3.05) is 39.3 Å². The van der Waals surface area contributed by atoms with Crippen LogP contribution in [0.4, 0.5) is 9.59 Å². The van der Waals surface area contributed by atoms with E-state index in [4.69, 9.17) is 9.47 Å². The molecule has 3 rings (SSSR count). The molecule has 0 radical (unpaired) electrons. The molecule has 8 nitrogen and oxygen atoms in total. The van der Waals surface area contributed by atoms with E-state index in [1.54, 1.807) is 9.80 Å². The third-order valence-corrected chi connectivity index (χ3v) is 5.11. The number of likely N-dealkylation sites (tertiary alicyclic amines) is 1.